The number of hydrogen-bond donors (Lipinski definition) is 1. The molecule has 0 saturated carbocycles. The van der Waals surface area contributed by atoms with Crippen LogP contribution in [-0.2, 0) is 0 Å². The fourth-order valence-electron chi connectivity index (χ4n) is 1.65. The maximum Gasteiger partial charge on any atom is 0.362 e. The van der Waals surface area contributed by atoms with Gasteiger partial charge < -0.3 is 14.3 Å². The first-order chi connectivity index (χ1) is 9.01. The van der Waals surface area contributed by atoms with E-state index in [1.54, 1.807) is 25.1 Å². The van der Waals surface area contributed by atoms with Crippen molar-refractivity contribution in [3.8, 4) is 17.4 Å². The average molecular weight is 282 g/mol. The minimum absolute atomic E-state index is 0.0948. The van der Waals surface area contributed by atoms with E-state index in [9.17, 15) is 4.79 Å². The molecule has 0 unspecified atom stereocenters. The zero-order chi connectivity index (χ0) is 14.0. The lowest BCUT2D eigenvalue weighted by molar-refractivity contribution is 0.0683. The minimum Gasteiger partial charge on any atom is -0.476 e. The first-order valence-electron chi connectivity index (χ1n) is 5.65. The molecule has 0 aliphatic heterocycles. The number of rotatable bonds is 4. The van der Waals surface area contributed by atoms with Gasteiger partial charge in [0, 0.05) is 10.6 Å². The summed E-state index contributed by atoms with van der Waals surface area (Å²) in [4.78, 5) is 15.0. The molecule has 6 heteroatoms. The molecule has 1 N–H and O–H groups in total. The molecule has 2 aromatic rings. The number of carbonyl (C=O) groups is 1. The van der Waals surface area contributed by atoms with E-state index in [0.717, 1.165) is 5.56 Å². The number of aromatic nitrogens is 1. The number of aryl methyl sites for hydroxylation is 1. The van der Waals surface area contributed by atoms with Gasteiger partial charge in [-0.05, 0) is 37.6 Å². The Hall–Kier alpha value is -2.01. The van der Waals surface area contributed by atoms with Gasteiger partial charge in [-0.15, -0.1) is 0 Å². The predicted molar refractivity (Wildman–Crippen MR) is 69.8 cm³/mol. The van der Waals surface area contributed by atoms with E-state index in [2.05, 4.69) is 4.98 Å². The molecular weight excluding hydrogens is 270 g/mol. The van der Waals surface area contributed by atoms with Gasteiger partial charge in [0.15, 0.2) is 0 Å². The topological polar surface area (TPSA) is 72.6 Å². The zero-order valence-electron chi connectivity index (χ0n) is 10.4. The molecule has 0 radical (unpaired) electrons. The molecule has 0 aliphatic carbocycles. The van der Waals surface area contributed by atoms with Crippen LogP contribution in [-0.4, -0.2) is 22.7 Å². The van der Waals surface area contributed by atoms with Crippen molar-refractivity contribution in [3.05, 3.63) is 34.5 Å². The Kier molecular flexibility index (Phi) is 3.76. The largest absolute Gasteiger partial charge is 0.476 e. The van der Waals surface area contributed by atoms with Crippen LogP contribution >= 0.6 is 11.6 Å². The fourth-order valence-corrected chi connectivity index (χ4v) is 1.94. The molecule has 0 atom stereocenters. The highest BCUT2D eigenvalue weighted by Crippen LogP contribution is 2.29. The molecule has 100 valence electrons. The second-order valence-corrected chi connectivity index (χ2v) is 4.35. The Morgan fingerprint density at radius 1 is 1.47 bits per heavy atom. The summed E-state index contributed by atoms with van der Waals surface area (Å²) in [6.07, 6.45) is 0. The van der Waals surface area contributed by atoms with Gasteiger partial charge in [0.05, 0.1) is 6.61 Å². The number of carboxylic acids is 1. The second kappa shape index (κ2) is 5.32. The van der Waals surface area contributed by atoms with E-state index >= 15 is 0 Å². The Balaban J connectivity index is 2.50. The predicted octanol–water partition coefficient (Wildman–Crippen LogP) is 3.40. The number of oxazole rings is 1. The van der Waals surface area contributed by atoms with Gasteiger partial charge in [-0.2, -0.15) is 4.98 Å². The van der Waals surface area contributed by atoms with Gasteiger partial charge in [0.25, 0.3) is 0 Å². The number of ether oxygens (including phenoxy) is 1. The van der Waals surface area contributed by atoms with Crippen molar-refractivity contribution in [1.29, 1.82) is 0 Å². The van der Waals surface area contributed by atoms with Crippen LogP contribution < -0.4 is 4.74 Å². The first-order valence-corrected chi connectivity index (χ1v) is 6.03. The summed E-state index contributed by atoms with van der Waals surface area (Å²) in [5.74, 6) is -1.12. The van der Waals surface area contributed by atoms with Gasteiger partial charge in [0.2, 0.25) is 11.6 Å². The maximum absolute atomic E-state index is 11.0. The van der Waals surface area contributed by atoms with Crippen molar-refractivity contribution in [2.24, 2.45) is 0 Å². The van der Waals surface area contributed by atoms with E-state index < -0.39 is 5.97 Å². The van der Waals surface area contributed by atoms with Crippen molar-refractivity contribution in [2.75, 3.05) is 6.61 Å². The van der Waals surface area contributed by atoms with Crippen LogP contribution in [0.5, 0.6) is 5.95 Å². The zero-order valence-corrected chi connectivity index (χ0v) is 11.2. The Bertz CT molecular complexity index is 601. The van der Waals surface area contributed by atoms with Crippen molar-refractivity contribution in [3.63, 3.8) is 0 Å². The summed E-state index contributed by atoms with van der Waals surface area (Å²) in [6.45, 7) is 3.90. The smallest absolute Gasteiger partial charge is 0.362 e. The summed E-state index contributed by atoms with van der Waals surface area (Å²) in [6, 6.07) is 5.25. The van der Waals surface area contributed by atoms with E-state index in [-0.39, 0.29) is 17.5 Å². The van der Waals surface area contributed by atoms with E-state index in [1.807, 2.05) is 6.92 Å². The molecule has 0 spiro atoms. The normalized spacial score (nSPS) is 10.5. The molecule has 0 aliphatic rings. The van der Waals surface area contributed by atoms with Gasteiger partial charge in [-0.25, -0.2) is 4.79 Å². The van der Waals surface area contributed by atoms with Crippen LogP contribution in [0.4, 0.5) is 0 Å². The fraction of sp³-hybridized carbons (Fsp3) is 0.231. The van der Waals surface area contributed by atoms with Gasteiger partial charge in [-0.1, -0.05) is 11.6 Å². The molecular formula is C13H12ClNO4. The highest BCUT2D eigenvalue weighted by molar-refractivity contribution is 6.30. The van der Waals surface area contributed by atoms with Crippen molar-refractivity contribution >= 4 is 17.6 Å². The molecule has 0 amide bonds. The highest BCUT2D eigenvalue weighted by Gasteiger charge is 2.21. The van der Waals surface area contributed by atoms with Crippen molar-refractivity contribution in [2.45, 2.75) is 13.8 Å². The number of aromatic carboxylic acids is 1. The maximum atomic E-state index is 11.0. The minimum atomic E-state index is -1.20. The summed E-state index contributed by atoms with van der Waals surface area (Å²) in [5.41, 5.74) is 1.29. The SMILES string of the molecule is CCOc1oc(-c2cc(C)cc(Cl)c2)nc1C(=O)O. The average Bonchev–Trinajstić information content (AvgIpc) is 2.72. The van der Waals surface area contributed by atoms with Gasteiger partial charge >= 0.3 is 11.9 Å². The summed E-state index contributed by atoms with van der Waals surface area (Å²) < 4.78 is 10.5. The van der Waals surface area contributed by atoms with Crippen LogP contribution in [0, 0.1) is 6.92 Å². The van der Waals surface area contributed by atoms with Crippen LogP contribution in [0.3, 0.4) is 0 Å². The lowest BCUT2D eigenvalue weighted by atomic mass is 10.1. The molecule has 0 saturated heterocycles. The Morgan fingerprint density at radius 2 is 2.21 bits per heavy atom. The molecule has 1 heterocycles. The third-order valence-electron chi connectivity index (χ3n) is 2.36. The Morgan fingerprint density at radius 3 is 2.79 bits per heavy atom. The first kappa shape index (κ1) is 13.4. The third kappa shape index (κ3) is 2.88. The molecule has 1 aromatic heterocycles. The lowest BCUT2D eigenvalue weighted by Gasteiger charge is -1.99. The molecule has 0 fully saturated rings. The van der Waals surface area contributed by atoms with Crippen molar-refractivity contribution < 1.29 is 19.1 Å². The van der Waals surface area contributed by atoms with Crippen LogP contribution in [0.2, 0.25) is 5.02 Å². The van der Waals surface area contributed by atoms with Crippen LogP contribution in [0.25, 0.3) is 11.5 Å². The number of halogens is 1. The monoisotopic (exact) mass is 281 g/mol. The van der Waals surface area contributed by atoms with Crippen LogP contribution in [0.15, 0.2) is 22.6 Å². The van der Waals surface area contributed by atoms with E-state index in [1.165, 1.54) is 0 Å². The molecule has 5 nitrogen and oxygen atoms in total. The number of nitrogens with zero attached hydrogens (tertiary/aromatic N) is 1. The summed E-state index contributed by atoms with van der Waals surface area (Å²) >= 11 is 5.95. The summed E-state index contributed by atoms with van der Waals surface area (Å²) in [5, 5.41) is 9.56. The summed E-state index contributed by atoms with van der Waals surface area (Å²) in [7, 11) is 0. The third-order valence-corrected chi connectivity index (χ3v) is 2.58. The number of carboxylic acid groups (broad SMARTS) is 1. The lowest BCUT2D eigenvalue weighted by Crippen LogP contribution is -2.01. The number of benzene rings is 1. The van der Waals surface area contributed by atoms with E-state index in [4.69, 9.17) is 25.9 Å². The highest BCUT2D eigenvalue weighted by atomic mass is 35.5. The molecule has 1 aromatic carbocycles. The van der Waals surface area contributed by atoms with Gasteiger partial charge in [0.1, 0.15) is 0 Å². The molecule has 2 rings (SSSR count). The van der Waals surface area contributed by atoms with Crippen LogP contribution in [0.1, 0.15) is 23.0 Å². The number of hydrogen-bond acceptors (Lipinski definition) is 4. The van der Waals surface area contributed by atoms with Gasteiger partial charge in [-0.3, -0.25) is 0 Å². The second-order valence-electron chi connectivity index (χ2n) is 3.91. The Labute approximate surface area is 114 Å². The molecule has 0 bridgehead atoms. The van der Waals surface area contributed by atoms with Crippen molar-refractivity contribution in [1.82, 2.24) is 4.98 Å². The molecule has 19 heavy (non-hydrogen) atoms. The standard InChI is InChI=1S/C13H12ClNO4/c1-3-18-13-10(12(16)17)15-11(19-13)8-4-7(2)5-9(14)6-8/h4-6H,3H2,1-2H3,(H,16,17). The van der Waals surface area contributed by atoms with E-state index in [0.29, 0.717) is 17.2 Å². The quantitative estimate of drug-likeness (QED) is 0.930.